The molecular weight excluding hydrogens is 374 g/mol. The van der Waals surface area contributed by atoms with Crippen molar-refractivity contribution in [1.29, 1.82) is 0 Å². The van der Waals surface area contributed by atoms with E-state index in [0.29, 0.717) is 18.1 Å². The Morgan fingerprint density at radius 2 is 1.57 bits per heavy atom. The fourth-order valence-corrected chi connectivity index (χ4v) is 3.22. The Morgan fingerprint density at radius 1 is 0.733 bits per heavy atom. The maximum absolute atomic E-state index is 6.06. The molecule has 4 heteroatoms. The zero-order valence-corrected chi connectivity index (χ0v) is 17.0. The molecule has 1 aromatic heterocycles. The van der Waals surface area contributed by atoms with Crippen LogP contribution in [0.2, 0.25) is 0 Å². The van der Waals surface area contributed by atoms with Gasteiger partial charge >= 0.3 is 0 Å². The van der Waals surface area contributed by atoms with Gasteiger partial charge in [-0.05, 0) is 41.5 Å². The van der Waals surface area contributed by atoms with E-state index in [0.717, 1.165) is 33.5 Å². The lowest BCUT2D eigenvalue weighted by molar-refractivity contribution is 0.309. The fraction of sp³-hybridized carbons (Fsp3) is 0.115. The van der Waals surface area contributed by atoms with Gasteiger partial charge in [-0.1, -0.05) is 60.7 Å². The van der Waals surface area contributed by atoms with Crippen molar-refractivity contribution < 1.29 is 14.2 Å². The van der Waals surface area contributed by atoms with Crippen LogP contribution in [0.1, 0.15) is 16.8 Å². The Kier molecular flexibility index (Phi) is 5.95. The number of benzene rings is 3. The zero-order valence-electron chi connectivity index (χ0n) is 17.0. The molecule has 0 radical (unpaired) electrons. The highest BCUT2D eigenvalue weighted by Crippen LogP contribution is 2.29. The van der Waals surface area contributed by atoms with Gasteiger partial charge in [-0.2, -0.15) is 0 Å². The average Bonchev–Trinajstić information content (AvgIpc) is 2.81. The molecule has 0 saturated heterocycles. The van der Waals surface area contributed by atoms with Gasteiger partial charge in [-0.3, -0.25) is 0 Å². The molecule has 0 aliphatic rings. The minimum atomic E-state index is 0.507. The summed E-state index contributed by atoms with van der Waals surface area (Å²) < 4.78 is 16.7. The van der Waals surface area contributed by atoms with Crippen LogP contribution in [0.15, 0.2) is 78.9 Å². The van der Waals surface area contributed by atoms with Gasteiger partial charge in [0.1, 0.15) is 17.9 Å². The number of nitrogens with zero attached hydrogens (tertiary/aromatic N) is 1. The quantitative estimate of drug-likeness (QED) is 0.383. The van der Waals surface area contributed by atoms with E-state index in [1.165, 1.54) is 0 Å². The number of rotatable bonds is 7. The predicted octanol–water partition coefficient (Wildman–Crippen LogP) is 6.00. The molecule has 4 nitrogen and oxygen atoms in total. The Balaban J connectivity index is 1.58. The lowest BCUT2D eigenvalue weighted by atomic mass is 10.1. The van der Waals surface area contributed by atoms with Crippen LogP contribution < -0.4 is 14.2 Å². The van der Waals surface area contributed by atoms with Crippen LogP contribution in [-0.4, -0.2) is 19.2 Å². The Bertz CT molecular complexity index is 1170. The van der Waals surface area contributed by atoms with Gasteiger partial charge < -0.3 is 14.2 Å². The second-order valence-corrected chi connectivity index (χ2v) is 6.79. The molecule has 30 heavy (non-hydrogen) atoms. The van der Waals surface area contributed by atoms with E-state index in [-0.39, 0.29) is 0 Å². The number of pyridine rings is 1. The maximum atomic E-state index is 6.06. The second kappa shape index (κ2) is 9.14. The summed E-state index contributed by atoms with van der Waals surface area (Å²) in [7, 11) is 3.26. The summed E-state index contributed by atoms with van der Waals surface area (Å²) in [4.78, 5) is 4.81. The molecule has 0 N–H and O–H groups in total. The third kappa shape index (κ3) is 4.44. The van der Waals surface area contributed by atoms with Crippen LogP contribution in [0.5, 0.6) is 17.2 Å². The Morgan fingerprint density at radius 3 is 2.37 bits per heavy atom. The maximum Gasteiger partial charge on any atom is 0.161 e. The lowest BCUT2D eigenvalue weighted by Crippen LogP contribution is -1.97. The van der Waals surface area contributed by atoms with Crippen LogP contribution in [0.4, 0.5) is 0 Å². The first-order valence-corrected chi connectivity index (χ1v) is 9.73. The highest BCUT2D eigenvalue weighted by Gasteiger charge is 2.06. The van der Waals surface area contributed by atoms with Crippen molar-refractivity contribution in [2.24, 2.45) is 0 Å². The van der Waals surface area contributed by atoms with Gasteiger partial charge in [0, 0.05) is 5.39 Å². The van der Waals surface area contributed by atoms with Crippen molar-refractivity contribution in [2.45, 2.75) is 6.61 Å². The van der Waals surface area contributed by atoms with Crippen LogP contribution in [-0.2, 0) is 6.61 Å². The fourth-order valence-electron chi connectivity index (χ4n) is 3.22. The molecule has 0 amide bonds. The summed E-state index contributed by atoms with van der Waals surface area (Å²) in [5.41, 5.74) is 3.83. The first-order chi connectivity index (χ1) is 14.8. The molecule has 150 valence electrons. The molecule has 3 aromatic carbocycles. The first kappa shape index (κ1) is 19.5. The summed E-state index contributed by atoms with van der Waals surface area (Å²) in [5, 5.41) is 1.05. The highest BCUT2D eigenvalue weighted by atomic mass is 16.5. The van der Waals surface area contributed by atoms with Gasteiger partial charge in [0.15, 0.2) is 11.5 Å². The normalized spacial score (nSPS) is 11.0. The summed E-state index contributed by atoms with van der Waals surface area (Å²) in [6.07, 6.45) is 3.98. The Hall–Kier alpha value is -3.79. The van der Waals surface area contributed by atoms with Crippen molar-refractivity contribution in [3.05, 3.63) is 95.7 Å². The molecule has 0 bridgehead atoms. The third-order valence-corrected chi connectivity index (χ3v) is 4.80. The monoisotopic (exact) mass is 397 g/mol. The summed E-state index contributed by atoms with van der Waals surface area (Å²) in [5.74, 6) is 2.18. The molecule has 4 aromatic rings. The molecular formula is C26H23NO3. The summed E-state index contributed by atoms with van der Waals surface area (Å²) >= 11 is 0. The molecule has 0 spiro atoms. The lowest BCUT2D eigenvalue weighted by Gasteiger charge is -2.09. The number of methoxy groups -OCH3 is 2. The van der Waals surface area contributed by atoms with Crippen molar-refractivity contribution in [2.75, 3.05) is 14.2 Å². The standard InChI is InChI=1S/C26H23NO3/c1-28-23-16-12-19(17-25(23)29-2)11-14-22-15-13-21-9-6-10-24(26(21)27-22)30-18-20-7-4-3-5-8-20/h3-17H,18H2,1-2H3/b14-11+. The van der Waals surface area contributed by atoms with Crippen LogP contribution in [0.3, 0.4) is 0 Å². The van der Waals surface area contributed by atoms with E-state index in [2.05, 4.69) is 18.2 Å². The van der Waals surface area contributed by atoms with E-state index in [1.807, 2.05) is 72.8 Å². The summed E-state index contributed by atoms with van der Waals surface area (Å²) in [6.45, 7) is 0.507. The molecule has 1 heterocycles. The molecule has 0 unspecified atom stereocenters. The summed E-state index contributed by atoms with van der Waals surface area (Å²) in [6, 6.07) is 26.0. The van der Waals surface area contributed by atoms with E-state index in [1.54, 1.807) is 14.2 Å². The number of fused-ring (bicyclic) bond motifs is 1. The number of ether oxygens (including phenoxy) is 3. The van der Waals surface area contributed by atoms with Gasteiger partial charge in [0.25, 0.3) is 0 Å². The minimum Gasteiger partial charge on any atom is -0.493 e. The molecule has 0 aliphatic carbocycles. The van der Waals surface area contributed by atoms with E-state index >= 15 is 0 Å². The van der Waals surface area contributed by atoms with Crippen molar-refractivity contribution in [1.82, 2.24) is 4.98 Å². The number of hydrogen-bond acceptors (Lipinski definition) is 4. The minimum absolute atomic E-state index is 0.507. The van der Waals surface area contributed by atoms with Crippen molar-refractivity contribution in [3.8, 4) is 17.2 Å². The predicted molar refractivity (Wildman–Crippen MR) is 121 cm³/mol. The van der Waals surface area contributed by atoms with Gasteiger partial charge in [-0.15, -0.1) is 0 Å². The van der Waals surface area contributed by atoms with Crippen LogP contribution >= 0.6 is 0 Å². The third-order valence-electron chi connectivity index (χ3n) is 4.80. The van der Waals surface area contributed by atoms with Crippen molar-refractivity contribution >= 4 is 23.1 Å². The smallest absolute Gasteiger partial charge is 0.161 e. The average molecular weight is 397 g/mol. The molecule has 4 rings (SSSR count). The number of hydrogen-bond donors (Lipinski definition) is 0. The molecule has 0 fully saturated rings. The molecule has 0 atom stereocenters. The zero-order chi connectivity index (χ0) is 20.8. The van der Waals surface area contributed by atoms with Gasteiger partial charge in [0.2, 0.25) is 0 Å². The van der Waals surface area contributed by atoms with Crippen LogP contribution in [0, 0.1) is 0 Å². The SMILES string of the molecule is COc1ccc(/C=C/c2ccc3cccc(OCc4ccccc4)c3n2)cc1OC. The number of aromatic nitrogens is 1. The van der Waals surface area contributed by atoms with Crippen molar-refractivity contribution in [3.63, 3.8) is 0 Å². The van der Waals surface area contributed by atoms with Gasteiger partial charge in [-0.25, -0.2) is 4.98 Å². The largest absolute Gasteiger partial charge is 0.493 e. The topological polar surface area (TPSA) is 40.6 Å². The number of para-hydroxylation sites is 1. The van der Waals surface area contributed by atoms with E-state index < -0.39 is 0 Å². The second-order valence-electron chi connectivity index (χ2n) is 6.79. The highest BCUT2D eigenvalue weighted by molar-refractivity contribution is 5.86. The van der Waals surface area contributed by atoms with E-state index in [9.17, 15) is 0 Å². The molecule has 0 aliphatic heterocycles. The van der Waals surface area contributed by atoms with Crippen LogP contribution in [0.25, 0.3) is 23.1 Å². The Labute approximate surface area is 176 Å². The molecule has 0 saturated carbocycles. The van der Waals surface area contributed by atoms with Gasteiger partial charge in [0.05, 0.1) is 19.9 Å². The first-order valence-electron chi connectivity index (χ1n) is 9.73. The van der Waals surface area contributed by atoms with E-state index in [4.69, 9.17) is 19.2 Å².